The molecule has 90 valence electrons. The van der Waals surface area contributed by atoms with Crippen LogP contribution in [0, 0.1) is 11.2 Å². The van der Waals surface area contributed by atoms with E-state index in [0.29, 0.717) is 5.41 Å². The second-order valence-corrected chi connectivity index (χ2v) is 6.08. The van der Waals surface area contributed by atoms with E-state index < -0.39 is 0 Å². The van der Waals surface area contributed by atoms with Crippen LogP contribution in [0.4, 0.5) is 4.39 Å². The lowest BCUT2D eigenvalue weighted by molar-refractivity contribution is 0.366. The molecule has 0 unspecified atom stereocenters. The van der Waals surface area contributed by atoms with Crippen molar-refractivity contribution in [3.8, 4) is 0 Å². The Morgan fingerprint density at radius 1 is 1.31 bits per heavy atom. The van der Waals surface area contributed by atoms with Crippen LogP contribution in [0.3, 0.4) is 0 Å². The number of benzene rings is 1. The van der Waals surface area contributed by atoms with Gasteiger partial charge in [0.15, 0.2) is 0 Å². The van der Waals surface area contributed by atoms with Crippen molar-refractivity contribution in [2.24, 2.45) is 5.41 Å². The van der Waals surface area contributed by atoms with Gasteiger partial charge in [0.2, 0.25) is 0 Å². The maximum Gasteiger partial charge on any atom is 0.124 e. The predicted octanol–water partition coefficient (Wildman–Crippen LogP) is 4.11. The molecule has 3 heteroatoms. The van der Waals surface area contributed by atoms with Gasteiger partial charge in [-0.25, -0.2) is 4.39 Å². The van der Waals surface area contributed by atoms with E-state index in [2.05, 4.69) is 42.0 Å². The maximum atomic E-state index is 12.8. The van der Waals surface area contributed by atoms with Crippen LogP contribution in [0.5, 0.6) is 0 Å². The van der Waals surface area contributed by atoms with Crippen LogP contribution in [-0.2, 0) is 6.54 Å². The fourth-order valence-electron chi connectivity index (χ4n) is 1.35. The Balaban J connectivity index is 2.38. The molecule has 0 heterocycles. The van der Waals surface area contributed by atoms with Crippen molar-refractivity contribution in [2.45, 2.75) is 33.7 Å². The number of rotatable bonds is 4. The molecular formula is C13H19BrFN. The molecule has 0 aliphatic rings. The van der Waals surface area contributed by atoms with Crippen LogP contribution in [0.2, 0.25) is 0 Å². The third-order valence-electron chi connectivity index (χ3n) is 2.38. The zero-order valence-electron chi connectivity index (χ0n) is 10.1. The molecule has 0 aromatic heterocycles. The van der Waals surface area contributed by atoms with E-state index in [9.17, 15) is 4.39 Å². The Morgan fingerprint density at radius 3 is 2.56 bits per heavy atom. The van der Waals surface area contributed by atoms with E-state index >= 15 is 0 Å². The summed E-state index contributed by atoms with van der Waals surface area (Å²) < 4.78 is 13.7. The van der Waals surface area contributed by atoms with Gasteiger partial charge in [-0.15, -0.1) is 0 Å². The zero-order chi connectivity index (χ0) is 12.2. The second kappa shape index (κ2) is 5.78. The molecule has 1 aromatic carbocycles. The van der Waals surface area contributed by atoms with E-state index in [1.807, 2.05) is 6.07 Å². The Kier molecular flexibility index (Phi) is 4.93. The lowest BCUT2D eigenvalue weighted by Crippen LogP contribution is -2.20. The number of hydrogen-bond donors (Lipinski definition) is 1. The summed E-state index contributed by atoms with van der Waals surface area (Å²) in [6, 6.07) is 4.80. The highest BCUT2D eigenvalue weighted by Crippen LogP contribution is 2.19. The normalized spacial score (nSPS) is 11.8. The van der Waals surface area contributed by atoms with Crippen molar-refractivity contribution < 1.29 is 4.39 Å². The van der Waals surface area contributed by atoms with Crippen LogP contribution in [0.15, 0.2) is 22.7 Å². The van der Waals surface area contributed by atoms with Gasteiger partial charge in [0.25, 0.3) is 0 Å². The Bertz CT molecular complexity index is 344. The minimum Gasteiger partial charge on any atom is -0.313 e. The quantitative estimate of drug-likeness (QED) is 0.822. The molecule has 0 spiro atoms. The largest absolute Gasteiger partial charge is 0.313 e. The fraction of sp³-hybridized carbons (Fsp3) is 0.538. The predicted molar refractivity (Wildman–Crippen MR) is 69.9 cm³/mol. The van der Waals surface area contributed by atoms with Crippen molar-refractivity contribution in [3.05, 3.63) is 34.1 Å². The molecule has 0 bridgehead atoms. The molecule has 0 fully saturated rings. The minimum atomic E-state index is -0.203. The van der Waals surface area contributed by atoms with Gasteiger partial charge >= 0.3 is 0 Å². The first kappa shape index (κ1) is 13.7. The highest BCUT2D eigenvalue weighted by Gasteiger charge is 2.09. The van der Waals surface area contributed by atoms with Crippen LogP contribution in [0.1, 0.15) is 32.8 Å². The van der Waals surface area contributed by atoms with Gasteiger partial charge < -0.3 is 5.32 Å². The lowest BCUT2D eigenvalue weighted by atomic mass is 9.92. The van der Waals surface area contributed by atoms with Crippen LogP contribution >= 0.6 is 15.9 Å². The summed E-state index contributed by atoms with van der Waals surface area (Å²) in [5.74, 6) is -0.203. The fourth-order valence-corrected chi connectivity index (χ4v) is 1.84. The van der Waals surface area contributed by atoms with Crippen LogP contribution in [-0.4, -0.2) is 6.54 Å². The molecule has 16 heavy (non-hydrogen) atoms. The number of nitrogens with one attached hydrogen (secondary N) is 1. The Morgan fingerprint density at radius 2 is 2.00 bits per heavy atom. The number of halogens is 2. The van der Waals surface area contributed by atoms with Gasteiger partial charge in [-0.2, -0.15) is 0 Å². The molecule has 0 saturated heterocycles. The minimum absolute atomic E-state index is 0.203. The molecule has 0 aliphatic carbocycles. The summed E-state index contributed by atoms with van der Waals surface area (Å²) in [5.41, 5.74) is 1.45. The van der Waals surface area contributed by atoms with Crippen molar-refractivity contribution in [2.75, 3.05) is 6.54 Å². The molecule has 0 amide bonds. The third kappa shape index (κ3) is 5.08. The molecular weight excluding hydrogens is 269 g/mol. The second-order valence-electron chi connectivity index (χ2n) is 5.22. The summed E-state index contributed by atoms with van der Waals surface area (Å²) in [5, 5.41) is 3.37. The topological polar surface area (TPSA) is 12.0 Å². The molecule has 1 nitrogen and oxygen atoms in total. The van der Waals surface area contributed by atoms with Crippen LogP contribution < -0.4 is 5.32 Å². The molecule has 1 rings (SSSR count). The van der Waals surface area contributed by atoms with Gasteiger partial charge in [0.05, 0.1) is 0 Å². The van der Waals surface area contributed by atoms with Gasteiger partial charge in [0, 0.05) is 11.0 Å². The lowest BCUT2D eigenvalue weighted by Gasteiger charge is -2.18. The molecule has 1 N–H and O–H groups in total. The smallest absolute Gasteiger partial charge is 0.124 e. The first-order chi connectivity index (χ1) is 7.38. The highest BCUT2D eigenvalue weighted by molar-refractivity contribution is 9.10. The van der Waals surface area contributed by atoms with E-state index in [4.69, 9.17) is 0 Å². The molecule has 0 aliphatic heterocycles. The number of hydrogen-bond acceptors (Lipinski definition) is 1. The Hall–Kier alpha value is -0.410. The maximum absolute atomic E-state index is 12.8. The average Bonchev–Trinajstić information content (AvgIpc) is 2.13. The molecule has 1 aromatic rings. The standard InChI is InChI=1S/C13H19BrFN/c1-13(2,3)6-7-16-9-10-4-5-11(15)8-12(10)14/h4-5,8,16H,6-7,9H2,1-3H3. The van der Waals surface area contributed by atoms with Gasteiger partial charge in [-0.1, -0.05) is 42.8 Å². The SMILES string of the molecule is CC(C)(C)CCNCc1ccc(F)cc1Br. The van der Waals surface area contributed by atoms with Gasteiger partial charge in [0.1, 0.15) is 5.82 Å². The first-order valence-corrected chi connectivity index (χ1v) is 6.32. The van der Waals surface area contributed by atoms with Crippen molar-refractivity contribution >= 4 is 15.9 Å². The van der Waals surface area contributed by atoms with Gasteiger partial charge in [-0.05, 0) is 36.1 Å². The van der Waals surface area contributed by atoms with Crippen molar-refractivity contribution in [1.29, 1.82) is 0 Å². The van der Waals surface area contributed by atoms with Crippen molar-refractivity contribution in [3.63, 3.8) is 0 Å². The zero-order valence-corrected chi connectivity index (χ0v) is 11.7. The van der Waals surface area contributed by atoms with Gasteiger partial charge in [-0.3, -0.25) is 0 Å². The van der Waals surface area contributed by atoms with Crippen LogP contribution in [0.25, 0.3) is 0 Å². The summed E-state index contributed by atoms with van der Waals surface area (Å²) in [6.45, 7) is 8.43. The summed E-state index contributed by atoms with van der Waals surface area (Å²) in [7, 11) is 0. The third-order valence-corrected chi connectivity index (χ3v) is 3.12. The summed E-state index contributed by atoms with van der Waals surface area (Å²) in [6.07, 6.45) is 1.13. The average molecular weight is 288 g/mol. The van der Waals surface area contributed by atoms with E-state index in [0.717, 1.165) is 29.5 Å². The summed E-state index contributed by atoms with van der Waals surface area (Å²) >= 11 is 3.36. The van der Waals surface area contributed by atoms with E-state index in [1.165, 1.54) is 12.1 Å². The summed E-state index contributed by atoms with van der Waals surface area (Å²) in [4.78, 5) is 0. The molecule has 0 atom stereocenters. The van der Waals surface area contributed by atoms with E-state index in [-0.39, 0.29) is 5.82 Å². The Labute approximate surface area is 106 Å². The monoisotopic (exact) mass is 287 g/mol. The molecule has 0 radical (unpaired) electrons. The highest BCUT2D eigenvalue weighted by atomic mass is 79.9. The molecule has 0 saturated carbocycles. The van der Waals surface area contributed by atoms with Crippen molar-refractivity contribution in [1.82, 2.24) is 5.32 Å². The van der Waals surface area contributed by atoms with E-state index in [1.54, 1.807) is 0 Å². The first-order valence-electron chi connectivity index (χ1n) is 5.53.